The number of nitrogens with zero attached hydrogens (tertiary/aromatic N) is 2. The lowest BCUT2D eigenvalue weighted by atomic mass is 10.1. The van der Waals surface area contributed by atoms with E-state index < -0.39 is 11.6 Å². The standard InChI is InChI=1S/C14H11F2N3/c1-2-18-14-9(8-17)3-6-13(19-14)11-7-10(15)4-5-12(11)16/h3-7H,2H2,1H3,(H,18,19). The molecule has 1 heterocycles. The third-order valence-corrected chi connectivity index (χ3v) is 2.56. The molecule has 5 heteroatoms. The topological polar surface area (TPSA) is 48.7 Å². The van der Waals surface area contributed by atoms with Crippen molar-refractivity contribution in [2.45, 2.75) is 6.92 Å². The van der Waals surface area contributed by atoms with Crippen molar-refractivity contribution in [1.82, 2.24) is 4.98 Å². The zero-order chi connectivity index (χ0) is 13.8. The zero-order valence-corrected chi connectivity index (χ0v) is 10.2. The Morgan fingerprint density at radius 2 is 2.05 bits per heavy atom. The van der Waals surface area contributed by atoms with Crippen LogP contribution in [0.15, 0.2) is 30.3 Å². The lowest BCUT2D eigenvalue weighted by molar-refractivity contribution is 0.602. The maximum atomic E-state index is 13.7. The molecular formula is C14H11F2N3. The van der Waals surface area contributed by atoms with Gasteiger partial charge in [0, 0.05) is 12.1 Å². The first-order valence-corrected chi connectivity index (χ1v) is 5.76. The second-order valence-electron chi connectivity index (χ2n) is 3.86. The quantitative estimate of drug-likeness (QED) is 0.919. The molecule has 0 aliphatic carbocycles. The van der Waals surface area contributed by atoms with Gasteiger partial charge in [0.25, 0.3) is 0 Å². The molecule has 96 valence electrons. The van der Waals surface area contributed by atoms with E-state index in [4.69, 9.17) is 5.26 Å². The second-order valence-corrected chi connectivity index (χ2v) is 3.86. The van der Waals surface area contributed by atoms with Crippen molar-refractivity contribution in [2.75, 3.05) is 11.9 Å². The Labute approximate surface area is 109 Å². The van der Waals surface area contributed by atoms with Crippen LogP contribution in [-0.4, -0.2) is 11.5 Å². The summed E-state index contributed by atoms with van der Waals surface area (Å²) < 4.78 is 26.8. The number of aromatic nitrogens is 1. The molecule has 2 aromatic rings. The first-order chi connectivity index (χ1) is 9.15. The Bertz CT molecular complexity index is 648. The lowest BCUT2D eigenvalue weighted by Gasteiger charge is -2.08. The van der Waals surface area contributed by atoms with E-state index in [0.29, 0.717) is 17.9 Å². The number of hydrogen-bond donors (Lipinski definition) is 1. The van der Waals surface area contributed by atoms with Gasteiger partial charge in [0.05, 0.1) is 11.3 Å². The molecule has 0 saturated carbocycles. The summed E-state index contributed by atoms with van der Waals surface area (Å²) in [4.78, 5) is 4.17. The number of benzene rings is 1. The monoisotopic (exact) mass is 259 g/mol. The van der Waals surface area contributed by atoms with Crippen LogP contribution >= 0.6 is 0 Å². The molecule has 0 saturated heterocycles. The molecule has 0 bridgehead atoms. The van der Waals surface area contributed by atoms with Gasteiger partial charge in [-0.05, 0) is 37.3 Å². The fourth-order valence-corrected chi connectivity index (χ4v) is 1.70. The number of hydrogen-bond acceptors (Lipinski definition) is 3. The Morgan fingerprint density at radius 1 is 1.26 bits per heavy atom. The van der Waals surface area contributed by atoms with E-state index in [1.54, 1.807) is 0 Å². The SMILES string of the molecule is CCNc1nc(-c2cc(F)ccc2F)ccc1C#N. The van der Waals surface area contributed by atoms with Gasteiger partial charge < -0.3 is 5.32 Å². The van der Waals surface area contributed by atoms with E-state index in [9.17, 15) is 8.78 Å². The van der Waals surface area contributed by atoms with Crippen LogP contribution in [0.25, 0.3) is 11.3 Å². The largest absolute Gasteiger partial charge is 0.369 e. The highest BCUT2D eigenvalue weighted by atomic mass is 19.1. The maximum Gasteiger partial charge on any atom is 0.144 e. The molecule has 1 aromatic heterocycles. The molecular weight excluding hydrogens is 248 g/mol. The summed E-state index contributed by atoms with van der Waals surface area (Å²) in [5.41, 5.74) is 0.720. The average molecular weight is 259 g/mol. The van der Waals surface area contributed by atoms with Gasteiger partial charge in [-0.15, -0.1) is 0 Å². The molecule has 2 rings (SSSR count). The summed E-state index contributed by atoms with van der Waals surface area (Å²) in [5.74, 6) is -0.722. The fourth-order valence-electron chi connectivity index (χ4n) is 1.70. The zero-order valence-electron chi connectivity index (χ0n) is 10.2. The van der Waals surface area contributed by atoms with Crippen LogP contribution in [0, 0.1) is 23.0 Å². The predicted molar refractivity (Wildman–Crippen MR) is 68.5 cm³/mol. The van der Waals surface area contributed by atoms with Gasteiger partial charge in [-0.1, -0.05) is 0 Å². The van der Waals surface area contributed by atoms with Gasteiger partial charge in [0.2, 0.25) is 0 Å². The van der Waals surface area contributed by atoms with E-state index in [1.807, 2.05) is 13.0 Å². The molecule has 3 nitrogen and oxygen atoms in total. The molecule has 0 spiro atoms. The number of nitriles is 1. The van der Waals surface area contributed by atoms with Gasteiger partial charge in [-0.25, -0.2) is 13.8 Å². The van der Waals surface area contributed by atoms with Gasteiger partial charge >= 0.3 is 0 Å². The van der Waals surface area contributed by atoms with Crippen molar-refractivity contribution in [3.8, 4) is 17.3 Å². The fraction of sp³-hybridized carbons (Fsp3) is 0.143. The van der Waals surface area contributed by atoms with Crippen LogP contribution in [0.4, 0.5) is 14.6 Å². The Hall–Kier alpha value is -2.48. The molecule has 0 fully saturated rings. The smallest absolute Gasteiger partial charge is 0.144 e. The molecule has 0 aliphatic rings. The second kappa shape index (κ2) is 5.44. The minimum absolute atomic E-state index is 0.0728. The van der Waals surface area contributed by atoms with Crippen molar-refractivity contribution >= 4 is 5.82 Å². The van der Waals surface area contributed by atoms with Crippen LogP contribution in [0.5, 0.6) is 0 Å². The van der Waals surface area contributed by atoms with Crippen LogP contribution < -0.4 is 5.32 Å². The summed E-state index contributed by atoms with van der Waals surface area (Å²) >= 11 is 0. The van der Waals surface area contributed by atoms with Crippen molar-refractivity contribution in [1.29, 1.82) is 5.26 Å². The van der Waals surface area contributed by atoms with E-state index in [0.717, 1.165) is 18.2 Å². The summed E-state index contributed by atoms with van der Waals surface area (Å²) in [5, 5.41) is 11.9. The van der Waals surface area contributed by atoms with Crippen molar-refractivity contribution in [3.05, 3.63) is 47.5 Å². The van der Waals surface area contributed by atoms with E-state index in [1.165, 1.54) is 12.1 Å². The number of pyridine rings is 1. The molecule has 0 unspecified atom stereocenters. The van der Waals surface area contributed by atoms with Gasteiger partial charge in [0.15, 0.2) is 0 Å². The van der Waals surface area contributed by atoms with Crippen LogP contribution in [-0.2, 0) is 0 Å². The third kappa shape index (κ3) is 2.68. The van der Waals surface area contributed by atoms with E-state index in [-0.39, 0.29) is 11.3 Å². The predicted octanol–water partition coefficient (Wildman–Crippen LogP) is 3.33. The minimum Gasteiger partial charge on any atom is -0.369 e. The van der Waals surface area contributed by atoms with Crippen molar-refractivity contribution in [3.63, 3.8) is 0 Å². The summed E-state index contributed by atoms with van der Waals surface area (Å²) in [6.07, 6.45) is 0. The van der Waals surface area contributed by atoms with E-state index in [2.05, 4.69) is 10.3 Å². The minimum atomic E-state index is -0.555. The number of halogens is 2. The number of rotatable bonds is 3. The van der Waals surface area contributed by atoms with E-state index >= 15 is 0 Å². The van der Waals surface area contributed by atoms with Gasteiger partial charge in [0.1, 0.15) is 23.5 Å². The number of anilines is 1. The van der Waals surface area contributed by atoms with Gasteiger partial charge in [-0.3, -0.25) is 0 Å². The first kappa shape index (κ1) is 13.0. The third-order valence-electron chi connectivity index (χ3n) is 2.56. The van der Waals surface area contributed by atoms with Crippen molar-refractivity contribution in [2.24, 2.45) is 0 Å². The Morgan fingerprint density at radius 3 is 2.74 bits per heavy atom. The van der Waals surface area contributed by atoms with Crippen LogP contribution in [0.2, 0.25) is 0 Å². The molecule has 0 aliphatic heterocycles. The molecule has 0 atom stereocenters. The molecule has 0 amide bonds. The summed E-state index contributed by atoms with van der Waals surface area (Å²) in [6, 6.07) is 8.21. The normalized spacial score (nSPS) is 10.0. The first-order valence-electron chi connectivity index (χ1n) is 5.76. The molecule has 1 aromatic carbocycles. The van der Waals surface area contributed by atoms with Crippen LogP contribution in [0.3, 0.4) is 0 Å². The molecule has 0 radical (unpaired) electrons. The molecule has 19 heavy (non-hydrogen) atoms. The average Bonchev–Trinajstić information content (AvgIpc) is 2.42. The Kier molecular flexibility index (Phi) is 3.71. The lowest BCUT2D eigenvalue weighted by Crippen LogP contribution is -2.03. The summed E-state index contributed by atoms with van der Waals surface area (Å²) in [7, 11) is 0. The summed E-state index contributed by atoms with van der Waals surface area (Å²) in [6.45, 7) is 2.44. The highest BCUT2D eigenvalue weighted by Gasteiger charge is 2.11. The van der Waals surface area contributed by atoms with Crippen molar-refractivity contribution < 1.29 is 8.78 Å². The van der Waals surface area contributed by atoms with Gasteiger partial charge in [-0.2, -0.15) is 5.26 Å². The highest BCUT2D eigenvalue weighted by Crippen LogP contribution is 2.24. The van der Waals surface area contributed by atoms with Crippen LogP contribution in [0.1, 0.15) is 12.5 Å². The highest BCUT2D eigenvalue weighted by molar-refractivity contribution is 5.65. The molecule has 1 N–H and O–H groups in total. The number of nitrogens with one attached hydrogen (secondary N) is 1. The Balaban J connectivity index is 2.54. The maximum absolute atomic E-state index is 13.7.